The van der Waals surface area contributed by atoms with Gasteiger partial charge in [0.1, 0.15) is 0 Å². The lowest BCUT2D eigenvalue weighted by molar-refractivity contribution is 0.590. The van der Waals surface area contributed by atoms with Crippen LogP contribution >= 0.6 is 0 Å². The Morgan fingerprint density at radius 3 is 2.35 bits per heavy atom. The van der Waals surface area contributed by atoms with Crippen molar-refractivity contribution in [1.82, 2.24) is 5.32 Å². The van der Waals surface area contributed by atoms with Gasteiger partial charge in [0.05, 0.1) is 0 Å². The molecule has 0 fully saturated rings. The minimum Gasteiger partial charge on any atom is -0.313 e. The molecule has 2 aromatic rings. The first-order valence-electron chi connectivity index (χ1n) is 7.48. The molecule has 20 heavy (non-hydrogen) atoms. The van der Waals surface area contributed by atoms with Gasteiger partial charge in [-0.25, -0.2) is 0 Å². The molecule has 1 aliphatic carbocycles. The van der Waals surface area contributed by atoms with Crippen LogP contribution in [0.3, 0.4) is 0 Å². The number of benzene rings is 2. The van der Waals surface area contributed by atoms with Crippen LogP contribution in [-0.4, -0.2) is 7.05 Å². The maximum atomic E-state index is 3.41. The Balaban J connectivity index is 2.09. The first-order chi connectivity index (χ1) is 9.60. The van der Waals surface area contributed by atoms with Crippen LogP contribution in [0.25, 0.3) is 11.1 Å². The first-order valence-corrected chi connectivity index (χ1v) is 7.48. The molecule has 0 saturated carbocycles. The molecule has 1 heteroatoms. The number of hydrogen-bond acceptors (Lipinski definition) is 1. The lowest BCUT2D eigenvalue weighted by Crippen LogP contribution is -2.12. The first kappa shape index (κ1) is 13.4. The van der Waals surface area contributed by atoms with E-state index in [-0.39, 0.29) is 0 Å². The second kappa shape index (κ2) is 5.06. The van der Waals surface area contributed by atoms with E-state index in [1.807, 2.05) is 0 Å². The van der Waals surface area contributed by atoms with Gasteiger partial charge in [0.25, 0.3) is 0 Å². The second-order valence-corrected chi connectivity index (χ2v) is 6.07. The Morgan fingerprint density at radius 1 is 1.00 bits per heavy atom. The monoisotopic (exact) mass is 265 g/mol. The molecule has 3 rings (SSSR count). The summed E-state index contributed by atoms with van der Waals surface area (Å²) in [6.07, 6.45) is 2.42. The van der Waals surface area contributed by atoms with Crippen LogP contribution in [0.15, 0.2) is 30.3 Å². The summed E-state index contributed by atoms with van der Waals surface area (Å²) in [5, 5.41) is 3.41. The normalized spacial score (nSPS) is 17.3. The summed E-state index contributed by atoms with van der Waals surface area (Å²) in [5.74, 6) is 0. The van der Waals surface area contributed by atoms with Crippen molar-refractivity contribution in [2.24, 2.45) is 0 Å². The van der Waals surface area contributed by atoms with E-state index in [9.17, 15) is 0 Å². The predicted octanol–water partition coefficient (Wildman–Crippen LogP) is 4.49. The van der Waals surface area contributed by atoms with Crippen LogP contribution < -0.4 is 5.32 Å². The van der Waals surface area contributed by atoms with Gasteiger partial charge < -0.3 is 5.32 Å². The zero-order valence-corrected chi connectivity index (χ0v) is 12.9. The van der Waals surface area contributed by atoms with E-state index in [4.69, 9.17) is 0 Å². The van der Waals surface area contributed by atoms with Gasteiger partial charge in [-0.15, -0.1) is 0 Å². The average Bonchev–Trinajstić information content (AvgIpc) is 2.79. The van der Waals surface area contributed by atoms with Crippen molar-refractivity contribution in [3.63, 3.8) is 0 Å². The minimum atomic E-state index is 0.541. The van der Waals surface area contributed by atoms with Crippen molar-refractivity contribution in [1.29, 1.82) is 0 Å². The zero-order chi connectivity index (χ0) is 14.3. The summed E-state index contributed by atoms with van der Waals surface area (Å²) in [6.45, 7) is 6.61. The molecule has 0 amide bonds. The topological polar surface area (TPSA) is 12.0 Å². The van der Waals surface area contributed by atoms with Gasteiger partial charge in [-0.2, -0.15) is 0 Å². The van der Waals surface area contributed by atoms with E-state index < -0.39 is 0 Å². The fourth-order valence-corrected chi connectivity index (χ4v) is 3.71. The van der Waals surface area contributed by atoms with E-state index in [1.54, 1.807) is 0 Å². The molecule has 0 aliphatic heterocycles. The average molecular weight is 265 g/mol. The number of hydrogen-bond donors (Lipinski definition) is 1. The van der Waals surface area contributed by atoms with Crippen molar-refractivity contribution in [3.8, 4) is 11.1 Å². The van der Waals surface area contributed by atoms with Crippen LogP contribution in [0.2, 0.25) is 0 Å². The van der Waals surface area contributed by atoms with E-state index in [1.165, 1.54) is 51.8 Å². The van der Waals surface area contributed by atoms with Crippen LogP contribution in [0.1, 0.15) is 40.3 Å². The van der Waals surface area contributed by atoms with Gasteiger partial charge >= 0.3 is 0 Å². The summed E-state index contributed by atoms with van der Waals surface area (Å²) < 4.78 is 0. The molecule has 0 radical (unpaired) electrons. The highest BCUT2D eigenvalue weighted by Gasteiger charge is 2.21. The highest BCUT2D eigenvalue weighted by atomic mass is 14.9. The Labute approximate surface area is 122 Å². The smallest absolute Gasteiger partial charge is 0.0323 e. The highest BCUT2D eigenvalue weighted by Crippen LogP contribution is 2.36. The van der Waals surface area contributed by atoms with Gasteiger partial charge in [-0.3, -0.25) is 0 Å². The van der Waals surface area contributed by atoms with Crippen LogP contribution in [0.4, 0.5) is 0 Å². The lowest BCUT2D eigenvalue weighted by Gasteiger charge is -2.14. The van der Waals surface area contributed by atoms with Crippen molar-refractivity contribution in [2.75, 3.05) is 7.05 Å². The summed E-state index contributed by atoms with van der Waals surface area (Å²) >= 11 is 0. The molecular weight excluding hydrogens is 242 g/mol. The quantitative estimate of drug-likeness (QED) is 0.844. The van der Waals surface area contributed by atoms with Crippen molar-refractivity contribution >= 4 is 0 Å². The molecular formula is C19H23N. The maximum Gasteiger partial charge on any atom is 0.0323 e. The minimum absolute atomic E-state index is 0.541. The van der Waals surface area contributed by atoms with Gasteiger partial charge in [-0.05, 0) is 74.0 Å². The summed E-state index contributed by atoms with van der Waals surface area (Å²) in [7, 11) is 2.06. The third kappa shape index (κ3) is 2.16. The molecule has 2 aromatic carbocycles. The molecule has 1 N–H and O–H groups in total. The van der Waals surface area contributed by atoms with E-state index >= 15 is 0 Å². The van der Waals surface area contributed by atoms with Gasteiger partial charge in [0, 0.05) is 6.04 Å². The predicted molar refractivity (Wildman–Crippen MR) is 86.2 cm³/mol. The molecule has 104 valence electrons. The third-order valence-electron chi connectivity index (χ3n) is 4.53. The molecule has 1 unspecified atom stereocenters. The Hall–Kier alpha value is -1.60. The molecule has 1 atom stereocenters. The van der Waals surface area contributed by atoms with Crippen molar-refractivity contribution in [3.05, 3.63) is 58.1 Å². The lowest BCUT2D eigenvalue weighted by atomic mass is 9.92. The Kier molecular flexibility index (Phi) is 3.39. The Bertz CT molecular complexity index is 632. The van der Waals surface area contributed by atoms with E-state index in [2.05, 4.69) is 63.5 Å². The molecule has 0 aromatic heterocycles. The number of nitrogens with one attached hydrogen (secondary N) is 1. The third-order valence-corrected chi connectivity index (χ3v) is 4.53. The number of fused-ring (bicyclic) bond motifs is 1. The van der Waals surface area contributed by atoms with Gasteiger partial charge in [0.15, 0.2) is 0 Å². The van der Waals surface area contributed by atoms with E-state index in [0.717, 1.165) is 0 Å². The van der Waals surface area contributed by atoms with Crippen LogP contribution in [0, 0.1) is 20.8 Å². The van der Waals surface area contributed by atoms with E-state index in [0.29, 0.717) is 6.04 Å². The zero-order valence-electron chi connectivity index (χ0n) is 12.9. The second-order valence-electron chi connectivity index (χ2n) is 6.07. The SMILES string of the molecule is CNC1CCc2cc(-c3c(C)cc(C)cc3C)ccc21. The van der Waals surface area contributed by atoms with Crippen molar-refractivity contribution in [2.45, 2.75) is 39.7 Å². The van der Waals surface area contributed by atoms with Gasteiger partial charge in [0.2, 0.25) is 0 Å². The molecule has 0 spiro atoms. The van der Waals surface area contributed by atoms with Crippen molar-refractivity contribution < 1.29 is 0 Å². The number of aryl methyl sites for hydroxylation is 4. The highest BCUT2D eigenvalue weighted by molar-refractivity contribution is 5.72. The molecule has 0 bridgehead atoms. The molecule has 0 heterocycles. The summed E-state index contributed by atoms with van der Waals surface area (Å²) in [6, 6.07) is 12.1. The molecule has 0 saturated heterocycles. The van der Waals surface area contributed by atoms with Gasteiger partial charge in [-0.1, -0.05) is 35.9 Å². The Morgan fingerprint density at radius 2 is 1.70 bits per heavy atom. The largest absolute Gasteiger partial charge is 0.313 e. The molecule has 1 aliphatic rings. The van der Waals surface area contributed by atoms with Crippen LogP contribution in [-0.2, 0) is 6.42 Å². The standard InChI is InChI=1S/C19H23N/c1-12-9-13(2)19(14(3)10-12)16-5-7-17-15(11-16)6-8-18(17)20-4/h5,7,9-11,18,20H,6,8H2,1-4H3. The summed E-state index contributed by atoms with van der Waals surface area (Å²) in [4.78, 5) is 0. The maximum absolute atomic E-state index is 3.41. The fraction of sp³-hybridized carbons (Fsp3) is 0.368. The fourth-order valence-electron chi connectivity index (χ4n) is 3.71. The number of rotatable bonds is 2. The summed E-state index contributed by atoms with van der Waals surface area (Å²) in [5.41, 5.74) is 9.89. The van der Waals surface area contributed by atoms with Crippen LogP contribution in [0.5, 0.6) is 0 Å². The molecule has 1 nitrogen and oxygen atoms in total.